The van der Waals surface area contributed by atoms with Crippen molar-refractivity contribution in [2.45, 2.75) is 50.6 Å². The van der Waals surface area contributed by atoms with Crippen molar-refractivity contribution >= 4 is 34.4 Å². The number of amides is 3. The molecule has 1 saturated heterocycles. The second-order valence-electron chi connectivity index (χ2n) is 7.69. The molecule has 1 aromatic carbocycles. The number of hydrogen-bond donors (Lipinski definition) is 3. The van der Waals surface area contributed by atoms with Crippen molar-refractivity contribution in [2.24, 2.45) is 0 Å². The van der Waals surface area contributed by atoms with Gasteiger partial charge in [0.25, 0.3) is 5.91 Å². The van der Waals surface area contributed by atoms with Gasteiger partial charge in [-0.3, -0.25) is 14.5 Å². The first kappa shape index (κ1) is 20.3. The Morgan fingerprint density at radius 1 is 1.07 bits per heavy atom. The van der Waals surface area contributed by atoms with Gasteiger partial charge in [-0.05, 0) is 43.4 Å². The molecule has 1 aromatic heterocycles. The molecule has 4 rings (SSSR count). The molecule has 1 atom stereocenters. The Labute approximate surface area is 178 Å². The number of likely N-dealkylation sites (tertiary alicyclic amines) is 1. The molecular weight excluding hydrogens is 404 g/mol. The van der Waals surface area contributed by atoms with Crippen LogP contribution in [0.4, 0.5) is 9.93 Å². The molecule has 3 amide bonds. The molecule has 1 aliphatic carbocycles. The van der Waals surface area contributed by atoms with E-state index in [-0.39, 0.29) is 17.9 Å². The lowest BCUT2D eigenvalue weighted by molar-refractivity contribution is -0.119. The molecule has 2 fully saturated rings. The molecule has 1 aliphatic heterocycles. The molecule has 1 saturated carbocycles. The van der Waals surface area contributed by atoms with Gasteiger partial charge < -0.3 is 15.7 Å². The van der Waals surface area contributed by atoms with Crippen LogP contribution in [0.3, 0.4) is 0 Å². The Morgan fingerprint density at radius 2 is 1.80 bits per heavy atom. The molecule has 0 bridgehead atoms. The van der Waals surface area contributed by atoms with Crippen molar-refractivity contribution in [3.63, 3.8) is 0 Å². The fourth-order valence-corrected chi connectivity index (χ4v) is 4.87. The number of carboxylic acid groups (broad SMARTS) is 1. The van der Waals surface area contributed by atoms with Crippen LogP contribution in [0.5, 0.6) is 0 Å². The Kier molecular flexibility index (Phi) is 5.98. The maximum Gasteiger partial charge on any atom is 0.407 e. The maximum absolute atomic E-state index is 12.4. The third-order valence-corrected chi connectivity index (χ3v) is 6.62. The summed E-state index contributed by atoms with van der Waals surface area (Å²) in [5.41, 5.74) is 1.53. The first-order valence-corrected chi connectivity index (χ1v) is 11.0. The maximum atomic E-state index is 12.4. The van der Waals surface area contributed by atoms with Gasteiger partial charge in [0.2, 0.25) is 5.91 Å². The van der Waals surface area contributed by atoms with Gasteiger partial charge in [-0.2, -0.15) is 0 Å². The molecule has 9 heteroatoms. The highest BCUT2D eigenvalue weighted by molar-refractivity contribution is 7.19. The minimum atomic E-state index is -1.08. The number of aromatic nitrogens is 1. The van der Waals surface area contributed by atoms with Crippen molar-refractivity contribution in [3.05, 3.63) is 36.0 Å². The van der Waals surface area contributed by atoms with E-state index in [0.717, 1.165) is 23.3 Å². The highest BCUT2D eigenvalue weighted by atomic mass is 32.1. The first-order valence-electron chi connectivity index (χ1n) is 10.2. The normalized spacial score (nSPS) is 19.1. The molecule has 8 nitrogen and oxygen atoms in total. The van der Waals surface area contributed by atoms with Gasteiger partial charge in [0, 0.05) is 24.3 Å². The number of carbonyl (C=O) groups is 3. The molecule has 1 unspecified atom stereocenters. The average molecular weight is 429 g/mol. The molecule has 2 aliphatic rings. The van der Waals surface area contributed by atoms with Crippen LogP contribution >= 0.6 is 11.3 Å². The van der Waals surface area contributed by atoms with Crippen LogP contribution in [0.15, 0.2) is 30.5 Å². The van der Waals surface area contributed by atoms with Crippen LogP contribution < -0.4 is 10.6 Å². The van der Waals surface area contributed by atoms with Crippen LogP contribution in [0.1, 0.15) is 48.9 Å². The highest BCUT2D eigenvalue weighted by Gasteiger charge is 2.34. The SMILES string of the molecule is O=C(NC1CCCC1)c1ccc(-c2cnc(NC(=O)C3CCCN3C(=O)O)s2)cc1. The summed E-state index contributed by atoms with van der Waals surface area (Å²) < 4.78 is 0. The third kappa shape index (κ3) is 4.46. The van der Waals surface area contributed by atoms with Gasteiger partial charge >= 0.3 is 6.09 Å². The van der Waals surface area contributed by atoms with Crippen molar-refractivity contribution in [1.29, 1.82) is 0 Å². The summed E-state index contributed by atoms with van der Waals surface area (Å²) in [5.74, 6) is -0.403. The van der Waals surface area contributed by atoms with Gasteiger partial charge in [-0.15, -0.1) is 0 Å². The monoisotopic (exact) mass is 428 g/mol. The minimum Gasteiger partial charge on any atom is -0.465 e. The van der Waals surface area contributed by atoms with Crippen molar-refractivity contribution < 1.29 is 19.5 Å². The summed E-state index contributed by atoms with van der Waals surface area (Å²) in [6.07, 6.45) is 6.21. The average Bonchev–Trinajstić information content (AvgIpc) is 3.49. The Bertz CT molecular complexity index is 937. The molecule has 2 heterocycles. The number of rotatable bonds is 5. The van der Waals surface area contributed by atoms with Crippen molar-refractivity contribution in [3.8, 4) is 10.4 Å². The molecule has 0 radical (unpaired) electrons. The zero-order chi connectivity index (χ0) is 21.1. The quantitative estimate of drug-likeness (QED) is 0.674. The smallest absolute Gasteiger partial charge is 0.407 e. The van der Waals surface area contributed by atoms with Crippen LogP contribution in [0.25, 0.3) is 10.4 Å². The number of benzene rings is 1. The summed E-state index contributed by atoms with van der Waals surface area (Å²) in [5, 5.41) is 15.4. The van der Waals surface area contributed by atoms with Gasteiger partial charge in [-0.1, -0.05) is 36.3 Å². The van der Waals surface area contributed by atoms with E-state index in [4.69, 9.17) is 0 Å². The fourth-order valence-electron chi connectivity index (χ4n) is 4.05. The van der Waals surface area contributed by atoms with E-state index < -0.39 is 12.1 Å². The Morgan fingerprint density at radius 3 is 2.50 bits per heavy atom. The molecule has 30 heavy (non-hydrogen) atoms. The van der Waals surface area contributed by atoms with Gasteiger partial charge in [0.1, 0.15) is 6.04 Å². The predicted octanol–water partition coefficient (Wildman–Crippen LogP) is 3.56. The van der Waals surface area contributed by atoms with E-state index in [1.54, 1.807) is 18.3 Å². The summed E-state index contributed by atoms with van der Waals surface area (Å²) in [6.45, 7) is 0.372. The summed E-state index contributed by atoms with van der Waals surface area (Å²) in [7, 11) is 0. The second-order valence-corrected chi connectivity index (χ2v) is 8.72. The number of anilines is 1. The van der Waals surface area contributed by atoms with Crippen molar-refractivity contribution in [1.82, 2.24) is 15.2 Å². The Hall–Kier alpha value is -2.94. The topological polar surface area (TPSA) is 112 Å². The lowest BCUT2D eigenvalue weighted by Gasteiger charge is -2.19. The van der Waals surface area contributed by atoms with Crippen LogP contribution in [0.2, 0.25) is 0 Å². The van der Waals surface area contributed by atoms with Crippen LogP contribution in [-0.4, -0.2) is 51.5 Å². The number of nitrogens with zero attached hydrogens (tertiary/aromatic N) is 2. The molecule has 3 N–H and O–H groups in total. The molecule has 2 aromatic rings. The molecule has 158 valence electrons. The van der Waals surface area contributed by atoms with E-state index in [0.29, 0.717) is 30.1 Å². The summed E-state index contributed by atoms with van der Waals surface area (Å²) in [6, 6.07) is 6.92. The van der Waals surface area contributed by atoms with Gasteiger partial charge in [0.05, 0.1) is 4.88 Å². The zero-order valence-electron chi connectivity index (χ0n) is 16.5. The number of hydrogen-bond acceptors (Lipinski definition) is 5. The second kappa shape index (κ2) is 8.83. The largest absolute Gasteiger partial charge is 0.465 e. The predicted molar refractivity (Wildman–Crippen MR) is 114 cm³/mol. The lowest BCUT2D eigenvalue weighted by atomic mass is 10.1. The number of nitrogens with one attached hydrogen (secondary N) is 2. The van der Waals surface area contributed by atoms with Crippen molar-refractivity contribution in [2.75, 3.05) is 11.9 Å². The molecule has 0 spiro atoms. The fraction of sp³-hybridized carbons (Fsp3) is 0.429. The van der Waals surface area contributed by atoms with Gasteiger partial charge in [0.15, 0.2) is 5.13 Å². The zero-order valence-corrected chi connectivity index (χ0v) is 17.3. The van der Waals surface area contributed by atoms with Crippen LogP contribution in [0, 0.1) is 0 Å². The Balaban J connectivity index is 1.38. The van der Waals surface area contributed by atoms with E-state index in [1.807, 2.05) is 12.1 Å². The van der Waals surface area contributed by atoms with Crippen LogP contribution in [-0.2, 0) is 4.79 Å². The lowest BCUT2D eigenvalue weighted by Crippen LogP contribution is -2.42. The van der Waals surface area contributed by atoms with E-state index in [2.05, 4.69) is 15.6 Å². The van der Waals surface area contributed by atoms with E-state index in [1.165, 1.54) is 29.1 Å². The molecular formula is C21H24N4O4S. The third-order valence-electron chi connectivity index (χ3n) is 5.66. The summed E-state index contributed by atoms with van der Waals surface area (Å²) in [4.78, 5) is 42.3. The van der Waals surface area contributed by atoms with Gasteiger partial charge in [-0.25, -0.2) is 9.78 Å². The summed E-state index contributed by atoms with van der Waals surface area (Å²) >= 11 is 1.31. The van der Waals surface area contributed by atoms with E-state index in [9.17, 15) is 19.5 Å². The standard InChI is InChI=1S/C21H24N4O4S/c26-18(23-15-4-1-2-5-15)14-9-7-13(8-10-14)17-12-22-20(30-17)24-19(27)16-6-3-11-25(16)21(28)29/h7-10,12,15-16H,1-6,11H2,(H,23,26)(H,28,29)(H,22,24,27). The first-order chi connectivity index (χ1) is 14.5. The van der Waals surface area contributed by atoms with E-state index >= 15 is 0 Å². The minimum absolute atomic E-state index is 0.0507. The number of thiazole rings is 1. The number of carbonyl (C=O) groups excluding carboxylic acids is 2. The highest BCUT2D eigenvalue weighted by Crippen LogP contribution is 2.30.